The van der Waals surface area contributed by atoms with E-state index in [-0.39, 0.29) is 30.3 Å². The van der Waals surface area contributed by atoms with Gasteiger partial charge in [0.05, 0.1) is 0 Å². The van der Waals surface area contributed by atoms with Crippen LogP contribution in [-0.4, -0.2) is 64.7 Å². The third-order valence-corrected chi connectivity index (χ3v) is 7.29. The molecule has 0 aliphatic carbocycles. The average Bonchev–Trinajstić information content (AvgIpc) is 2.98. The Balaban J connectivity index is 0.00000462. The number of benzene rings is 3. The summed E-state index contributed by atoms with van der Waals surface area (Å²) in [5.74, 6) is -1.14. The molecule has 0 saturated carbocycles. The zero-order valence-electron chi connectivity index (χ0n) is 22.4. The number of aryl methyl sites for hydroxylation is 1. The van der Waals surface area contributed by atoms with Crippen LogP contribution in [0.4, 0.5) is 0 Å². The summed E-state index contributed by atoms with van der Waals surface area (Å²) in [4.78, 5) is 42.9. The van der Waals surface area contributed by atoms with Crippen molar-refractivity contribution in [2.45, 2.75) is 19.4 Å². The molecule has 1 aromatic heterocycles. The van der Waals surface area contributed by atoms with Crippen LogP contribution in [0.15, 0.2) is 97.7 Å². The van der Waals surface area contributed by atoms with Crippen LogP contribution in [0.25, 0.3) is 16.7 Å². The molecule has 0 aliphatic heterocycles. The van der Waals surface area contributed by atoms with Gasteiger partial charge < -0.3 is 10.4 Å². The van der Waals surface area contributed by atoms with E-state index < -0.39 is 17.9 Å². The molecule has 0 spiro atoms. The van der Waals surface area contributed by atoms with E-state index in [1.165, 1.54) is 11.8 Å². The molecule has 0 fully saturated rings. The fourth-order valence-corrected chi connectivity index (χ4v) is 4.94. The van der Waals surface area contributed by atoms with Crippen molar-refractivity contribution >= 4 is 53.9 Å². The Labute approximate surface area is 256 Å². The fraction of sp³-hybridized carbons (Fsp3) is 0.152. The summed E-state index contributed by atoms with van der Waals surface area (Å²) in [6, 6.07) is 24.5. The normalized spacial score (nSPS) is 11.2. The third kappa shape index (κ3) is 7.45. The van der Waals surface area contributed by atoms with Crippen LogP contribution >= 0.6 is 11.8 Å². The number of aliphatic carboxylic acids is 1. The van der Waals surface area contributed by atoms with Gasteiger partial charge in [0.2, 0.25) is 5.78 Å². The molecular weight excluding hydrogens is 527 g/mol. The molecule has 1 atom stereocenters. The number of carboxylic acids is 1. The number of hydrogen-bond donors (Lipinski definition) is 2. The molecule has 41 heavy (non-hydrogen) atoms. The second-order valence-corrected chi connectivity index (χ2v) is 10.3. The summed E-state index contributed by atoms with van der Waals surface area (Å²) in [7, 11) is 0. The van der Waals surface area contributed by atoms with E-state index in [2.05, 4.69) is 16.9 Å². The molecule has 1 amide bonds. The van der Waals surface area contributed by atoms with Crippen LogP contribution < -0.4 is 5.32 Å². The van der Waals surface area contributed by atoms with Gasteiger partial charge in [-0.25, -0.2) is 4.79 Å². The molecular formula is C33H31LiN2O4S. The minimum absolute atomic E-state index is 0. The van der Waals surface area contributed by atoms with Crippen molar-refractivity contribution in [1.29, 1.82) is 0 Å². The Morgan fingerprint density at radius 1 is 0.902 bits per heavy atom. The molecule has 0 bridgehead atoms. The van der Waals surface area contributed by atoms with Gasteiger partial charge in [0.25, 0.3) is 5.91 Å². The van der Waals surface area contributed by atoms with Crippen LogP contribution in [0.2, 0.25) is 0 Å². The van der Waals surface area contributed by atoms with Gasteiger partial charge in [-0.3, -0.25) is 14.6 Å². The number of nitrogens with zero attached hydrogens (tertiary/aromatic N) is 1. The van der Waals surface area contributed by atoms with Gasteiger partial charge in [-0.15, -0.1) is 0 Å². The predicted octanol–water partition coefficient (Wildman–Crippen LogP) is 5.64. The topological polar surface area (TPSA) is 96.4 Å². The molecule has 1 unspecified atom stereocenters. The van der Waals surface area contributed by atoms with Crippen LogP contribution in [0, 0.1) is 6.92 Å². The van der Waals surface area contributed by atoms with Crippen molar-refractivity contribution in [3.63, 3.8) is 0 Å². The molecule has 8 heteroatoms. The van der Waals surface area contributed by atoms with Gasteiger partial charge in [0.1, 0.15) is 11.7 Å². The number of rotatable bonds is 11. The molecule has 2 N–H and O–H groups in total. The zero-order valence-corrected chi connectivity index (χ0v) is 23.2. The molecule has 0 radical (unpaired) electrons. The van der Waals surface area contributed by atoms with Gasteiger partial charge in [-0.1, -0.05) is 73.3 Å². The van der Waals surface area contributed by atoms with Gasteiger partial charge in [-0.2, -0.15) is 11.8 Å². The maximum absolute atomic E-state index is 13.4. The average molecular weight is 559 g/mol. The van der Waals surface area contributed by atoms with Gasteiger partial charge >= 0.3 is 24.8 Å². The zero-order chi connectivity index (χ0) is 28.6. The standard InChI is InChI=1S/C33H30N2O4S.Li.H/c1-21-10-7-8-13-25(21)28-20-24(15-16-27(28)32(37)35-29(33(38)39)17-19-40-3)22(2)26-14-9-18-34-30(26)31(36)23-11-5-4-6-12-23;;/h4-16,18,20,29H,2,17,19H2,1,3H3,(H,35,37)(H,38,39);;. The molecule has 0 saturated heterocycles. The van der Waals surface area contributed by atoms with Crippen molar-refractivity contribution < 1.29 is 19.5 Å². The number of nitrogens with one attached hydrogen (secondary N) is 1. The van der Waals surface area contributed by atoms with Crippen molar-refractivity contribution in [3.05, 3.63) is 131 Å². The summed E-state index contributed by atoms with van der Waals surface area (Å²) in [5, 5.41) is 12.3. The van der Waals surface area contributed by atoms with Crippen molar-refractivity contribution in [2.75, 3.05) is 12.0 Å². The Morgan fingerprint density at radius 2 is 1.61 bits per heavy atom. The molecule has 6 nitrogen and oxygen atoms in total. The first-order valence-corrected chi connectivity index (χ1v) is 14.2. The molecule has 1 heterocycles. The minimum atomic E-state index is -1.07. The number of carbonyl (C=O) groups is 3. The Hall–Kier alpha value is -3.89. The summed E-state index contributed by atoms with van der Waals surface area (Å²) < 4.78 is 0. The van der Waals surface area contributed by atoms with Crippen LogP contribution in [0.1, 0.15) is 49.5 Å². The molecule has 4 rings (SSSR count). The number of ketones is 1. The van der Waals surface area contributed by atoms with E-state index in [1.807, 2.05) is 55.6 Å². The Bertz CT molecular complexity index is 1570. The molecule has 0 aliphatic rings. The first kappa shape index (κ1) is 31.6. The summed E-state index contributed by atoms with van der Waals surface area (Å²) in [5.41, 5.74) is 5.49. The fourth-order valence-electron chi connectivity index (χ4n) is 4.47. The molecule has 4 aromatic rings. The second-order valence-electron chi connectivity index (χ2n) is 9.29. The van der Waals surface area contributed by atoms with Crippen LogP contribution in [0.5, 0.6) is 0 Å². The maximum atomic E-state index is 13.4. The van der Waals surface area contributed by atoms with E-state index in [9.17, 15) is 19.5 Å². The third-order valence-electron chi connectivity index (χ3n) is 6.65. The number of carbonyl (C=O) groups excluding carboxylic acids is 2. The Morgan fingerprint density at radius 3 is 2.29 bits per heavy atom. The SMILES string of the molecule is C=C(c1ccc(C(=O)NC(CCSC)C(=O)O)c(-c2ccccc2C)c1)c1cccnc1C(=O)c1ccccc1.[LiH]. The van der Waals surface area contributed by atoms with E-state index >= 15 is 0 Å². The van der Waals surface area contributed by atoms with E-state index in [1.54, 1.807) is 48.7 Å². The van der Waals surface area contributed by atoms with Gasteiger partial charge in [0, 0.05) is 22.9 Å². The van der Waals surface area contributed by atoms with E-state index in [4.69, 9.17) is 0 Å². The summed E-state index contributed by atoms with van der Waals surface area (Å²) in [6.45, 7) is 6.25. The number of amides is 1. The van der Waals surface area contributed by atoms with Gasteiger partial charge in [-0.05, 0) is 71.4 Å². The summed E-state index contributed by atoms with van der Waals surface area (Å²) in [6.07, 6.45) is 3.79. The predicted molar refractivity (Wildman–Crippen MR) is 168 cm³/mol. The first-order chi connectivity index (χ1) is 19.3. The first-order valence-electron chi connectivity index (χ1n) is 12.8. The molecule has 204 valence electrons. The van der Waals surface area contributed by atoms with Crippen molar-refractivity contribution in [2.24, 2.45) is 0 Å². The number of aromatic nitrogens is 1. The Kier molecular flexibility index (Phi) is 11.3. The molecule has 3 aromatic carbocycles. The monoisotopic (exact) mass is 558 g/mol. The van der Waals surface area contributed by atoms with Crippen molar-refractivity contribution in [3.8, 4) is 11.1 Å². The summed E-state index contributed by atoms with van der Waals surface area (Å²) >= 11 is 1.52. The number of pyridine rings is 1. The van der Waals surface area contributed by atoms with E-state index in [0.717, 1.165) is 11.1 Å². The van der Waals surface area contributed by atoms with Crippen molar-refractivity contribution in [1.82, 2.24) is 10.3 Å². The number of hydrogen-bond acceptors (Lipinski definition) is 5. The number of thioether (sulfide) groups is 1. The van der Waals surface area contributed by atoms with E-state index in [0.29, 0.717) is 45.6 Å². The van der Waals surface area contributed by atoms with Crippen LogP contribution in [-0.2, 0) is 4.79 Å². The van der Waals surface area contributed by atoms with Gasteiger partial charge in [0.15, 0.2) is 0 Å². The second kappa shape index (κ2) is 14.7. The number of carboxylic acid groups (broad SMARTS) is 1. The quantitative estimate of drug-likeness (QED) is 0.183. The van der Waals surface area contributed by atoms with Crippen LogP contribution in [0.3, 0.4) is 0 Å².